The van der Waals surface area contributed by atoms with Crippen LogP contribution in [0.2, 0.25) is 0 Å². The first-order valence-electron chi connectivity index (χ1n) is 13.4. The first-order chi connectivity index (χ1) is 17.7. The van der Waals surface area contributed by atoms with E-state index in [0.29, 0.717) is 12.5 Å². The maximum atomic E-state index is 7.01. The predicted molar refractivity (Wildman–Crippen MR) is 144 cm³/mol. The zero-order valence-corrected chi connectivity index (χ0v) is 20.9. The molecule has 6 rings (SSSR count). The second kappa shape index (κ2) is 10.1. The standard InChI is InChI=1S/C30H36N5O/c31-35-18-15-32-20-28(35)29(25-13-11-23(12-14-25)21-34-16-4-5-17-34)33-30(35)26-9-6-10-27(19-26)36-22-24-7-2-1-3-8-24/h1-3,6-10,15,18-20,23,25H,4-5,11-14,16-17,21-22,31H2/q+1. The second-order valence-corrected chi connectivity index (χ2v) is 10.6. The molecule has 3 aliphatic heterocycles. The molecule has 1 saturated heterocycles. The third-order valence-corrected chi connectivity index (χ3v) is 8.11. The number of fused-ring (bicyclic) bond motifs is 1. The van der Waals surface area contributed by atoms with E-state index in [1.54, 1.807) is 6.20 Å². The van der Waals surface area contributed by atoms with Crippen LogP contribution in [0.4, 0.5) is 0 Å². The van der Waals surface area contributed by atoms with Crippen molar-refractivity contribution in [1.29, 1.82) is 0 Å². The van der Waals surface area contributed by atoms with E-state index in [0.717, 1.165) is 40.0 Å². The Labute approximate surface area is 214 Å². The van der Waals surface area contributed by atoms with Gasteiger partial charge in [-0.2, -0.15) is 10.8 Å². The lowest BCUT2D eigenvalue weighted by molar-refractivity contribution is -0.750. The molecule has 2 N–H and O–H groups in total. The van der Waals surface area contributed by atoms with Crippen LogP contribution in [0.3, 0.4) is 0 Å². The van der Waals surface area contributed by atoms with Crippen molar-refractivity contribution in [2.24, 2.45) is 27.7 Å². The number of benzene rings is 2. The van der Waals surface area contributed by atoms with E-state index in [-0.39, 0.29) is 4.59 Å². The highest BCUT2D eigenvalue weighted by molar-refractivity contribution is 6.00. The van der Waals surface area contributed by atoms with Crippen molar-refractivity contribution < 1.29 is 9.33 Å². The molecule has 0 radical (unpaired) electrons. The number of hydrogen-bond acceptors (Lipinski definition) is 5. The zero-order valence-electron chi connectivity index (χ0n) is 20.9. The molecule has 1 aliphatic carbocycles. The lowest BCUT2D eigenvalue weighted by atomic mass is 9.80. The molecule has 1 saturated carbocycles. The lowest BCUT2D eigenvalue weighted by Gasteiger charge is -2.31. The summed E-state index contributed by atoms with van der Waals surface area (Å²) in [5.74, 6) is 9.91. The average molecular weight is 483 g/mol. The molecule has 0 bridgehead atoms. The van der Waals surface area contributed by atoms with Crippen LogP contribution in [0.5, 0.6) is 5.75 Å². The molecule has 1 unspecified atom stereocenters. The topological polar surface area (TPSA) is 63.2 Å². The van der Waals surface area contributed by atoms with Crippen molar-refractivity contribution in [1.82, 2.24) is 4.90 Å². The van der Waals surface area contributed by atoms with E-state index >= 15 is 0 Å². The molecule has 1 atom stereocenters. The number of quaternary nitrogens is 1. The van der Waals surface area contributed by atoms with Crippen LogP contribution >= 0.6 is 0 Å². The molecule has 6 heteroatoms. The highest BCUT2D eigenvalue weighted by atomic mass is 16.5. The summed E-state index contributed by atoms with van der Waals surface area (Å²) in [7, 11) is 0. The smallest absolute Gasteiger partial charge is 0.265 e. The van der Waals surface area contributed by atoms with E-state index in [1.165, 1.54) is 58.2 Å². The van der Waals surface area contributed by atoms with Gasteiger partial charge in [0, 0.05) is 12.5 Å². The number of amidine groups is 1. The summed E-state index contributed by atoms with van der Waals surface area (Å²) in [5, 5.41) is 0. The third kappa shape index (κ3) is 4.69. The van der Waals surface area contributed by atoms with Gasteiger partial charge in [-0.25, -0.2) is 0 Å². The Kier molecular flexibility index (Phi) is 6.57. The number of rotatable bonds is 7. The molecular weight excluding hydrogens is 446 g/mol. The molecule has 0 amide bonds. The van der Waals surface area contributed by atoms with E-state index in [2.05, 4.69) is 34.2 Å². The lowest BCUT2D eigenvalue weighted by Crippen LogP contribution is -2.53. The summed E-state index contributed by atoms with van der Waals surface area (Å²) in [4.78, 5) is 12.3. The first kappa shape index (κ1) is 23.3. The second-order valence-electron chi connectivity index (χ2n) is 10.6. The molecule has 2 aromatic rings. The summed E-state index contributed by atoms with van der Waals surface area (Å²) in [6.07, 6.45) is 13.3. The summed E-state index contributed by atoms with van der Waals surface area (Å²) in [5.41, 5.74) is 4.25. The van der Waals surface area contributed by atoms with Gasteiger partial charge >= 0.3 is 0 Å². The van der Waals surface area contributed by atoms with E-state index in [4.69, 9.17) is 15.6 Å². The summed E-state index contributed by atoms with van der Waals surface area (Å²) < 4.78 is 6.18. The molecule has 2 fully saturated rings. The number of nitrogens with two attached hydrogens (primary N) is 1. The minimum Gasteiger partial charge on any atom is -0.489 e. The Hall–Kier alpha value is -3.06. The van der Waals surface area contributed by atoms with Crippen LogP contribution in [-0.4, -0.2) is 41.2 Å². The van der Waals surface area contributed by atoms with Gasteiger partial charge in [0.1, 0.15) is 24.3 Å². The van der Waals surface area contributed by atoms with Gasteiger partial charge in [-0.05, 0) is 81.3 Å². The van der Waals surface area contributed by atoms with Gasteiger partial charge in [-0.15, -0.1) is 4.59 Å². The Bertz CT molecular complexity index is 1200. The SMILES string of the molecule is N[N+]12C=CN=CC1=C(C1CCC(CN3CCCC3)CC1)N=C2c1cccc(OCc2ccccc2)c1. The Morgan fingerprint density at radius 1 is 0.972 bits per heavy atom. The van der Waals surface area contributed by atoms with E-state index in [1.807, 2.05) is 42.7 Å². The van der Waals surface area contributed by atoms with Crippen LogP contribution in [0.15, 0.2) is 88.4 Å². The number of nitrogens with zero attached hydrogens (tertiary/aromatic N) is 4. The number of ether oxygens (including phenoxy) is 1. The van der Waals surface area contributed by atoms with Gasteiger partial charge in [0.25, 0.3) is 5.84 Å². The van der Waals surface area contributed by atoms with Crippen molar-refractivity contribution in [3.8, 4) is 5.75 Å². The fourth-order valence-corrected chi connectivity index (χ4v) is 6.12. The first-order valence-corrected chi connectivity index (χ1v) is 13.4. The number of aliphatic imine (C=N–C) groups is 2. The van der Waals surface area contributed by atoms with Crippen molar-refractivity contribution in [3.05, 3.63) is 89.5 Å². The Morgan fingerprint density at radius 2 is 1.78 bits per heavy atom. The van der Waals surface area contributed by atoms with E-state index in [9.17, 15) is 0 Å². The van der Waals surface area contributed by atoms with Crippen LogP contribution in [0.1, 0.15) is 49.7 Å². The quantitative estimate of drug-likeness (QED) is 0.425. The van der Waals surface area contributed by atoms with Gasteiger partial charge in [-0.3, -0.25) is 4.99 Å². The van der Waals surface area contributed by atoms with Gasteiger partial charge in [-0.1, -0.05) is 36.4 Å². The Balaban J connectivity index is 1.20. The molecule has 2 aromatic carbocycles. The molecular formula is C30H36N5O+. The molecule has 36 heavy (non-hydrogen) atoms. The fourth-order valence-electron chi connectivity index (χ4n) is 6.12. The summed E-state index contributed by atoms with van der Waals surface area (Å²) in [6.45, 7) is 4.37. The van der Waals surface area contributed by atoms with Crippen molar-refractivity contribution in [2.45, 2.75) is 45.1 Å². The zero-order chi connectivity index (χ0) is 24.4. The van der Waals surface area contributed by atoms with Gasteiger partial charge in [0.15, 0.2) is 0 Å². The highest BCUT2D eigenvalue weighted by Gasteiger charge is 2.46. The summed E-state index contributed by atoms with van der Waals surface area (Å²) >= 11 is 0. The van der Waals surface area contributed by atoms with Gasteiger partial charge in [0.2, 0.25) is 5.70 Å². The van der Waals surface area contributed by atoms with E-state index < -0.39 is 0 Å². The van der Waals surface area contributed by atoms with Crippen molar-refractivity contribution >= 4 is 12.1 Å². The van der Waals surface area contributed by atoms with Crippen molar-refractivity contribution in [2.75, 3.05) is 19.6 Å². The molecule has 0 aromatic heterocycles. The van der Waals surface area contributed by atoms with Crippen LogP contribution in [-0.2, 0) is 6.61 Å². The number of allylic oxidation sites excluding steroid dienone is 2. The number of hydrogen-bond donors (Lipinski definition) is 1. The monoisotopic (exact) mass is 482 g/mol. The molecule has 186 valence electrons. The number of likely N-dealkylation sites (tertiary alicyclic amines) is 1. The van der Waals surface area contributed by atoms with Crippen LogP contribution in [0, 0.1) is 11.8 Å². The fraction of sp³-hybridized carbons (Fsp3) is 0.400. The maximum absolute atomic E-state index is 7.01. The minimum atomic E-state index is 0.0781. The Morgan fingerprint density at radius 3 is 2.58 bits per heavy atom. The molecule has 4 aliphatic rings. The van der Waals surface area contributed by atoms with Gasteiger partial charge < -0.3 is 9.64 Å². The van der Waals surface area contributed by atoms with Crippen LogP contribution in [0.25, 0.3) is 0 Å². The maximum Gasteiger partial charge on any atom is 0.265 e. The molecule has 3 heterocycles. The largest absolute Gasteiger partial charge is 0.489 e. The highest BCUT2D eigenvalue weighted by Crippen LogP contribution is 2.41. The average Bonchev–Trinajstić information content (AvgIpc) is 3.54. The summed E-state index contributed by atoms with van der Waals surface area (Å²) in [6, 6.07) is 18.4. The normalized spacial score (nSPS) is 27.9. The van der Waals surface area contributed by atoms with Crippen LogP contribution < -0.4 is 10.6 Å². The minimum absolute atomic E-state index is 0.0781. The van der Waals surface area contributed by atoms with Gasteiger partial charge in [0.05, 0.1) is 18.0 Å². The third-order valence-electron chi connectivity index (χ3n) is 8.11. The predicted octanol–water partition coefficient (Wildman–Crippen LogP) is 5.39. The molecule has 0 spiro atoms. The molecule has 6 nitrogen and oxygen atoms in total. The van der Waals surface area contributed by atoms with Crippen molar-refractivity contribution in [3.63, 3.8) is 0 Å².